The maximum absolute atomic E-state index is 13.0. The van der Waals surface area contributed by atoms with Gasteiger partial charge in [0, 0.05) is 16.9 Å². The smallest absolute Gasteiger partial charge is 0.339 e. The Bertz CT molecular complexity index is 754. The molecule has 0 saturated heterocycles. The van der Waals surface area contributed by atoms with Gasteiger partial charge in [-0.1, -0.05) is 30.3 Å². The first kappa shape index (κ1) is 13.1. The van der Waals surface area contributed by atoms with Crippen molar-refractivity contribution in [3.05, 3.63) is 81.5 Å². The minimum absolute atomic E-state index is 0.153. The summed E-state index contributed by atoms with van der Waals surface area (Å²) in [7, 11) is 0. The Hall–Kier alpha value is -2.85. The number of nitrogens with zero attached hydrogens (tertiary/aromatic N) is 3. The molecule has 0 saturated carbocycles. The number of fused-ring (bicyclic) bond motifs is 1. The average molecular weight is 283 g/mol. The molecule has 5 nitrogen and oxygen atoms in total. The van der Waals surface area contributed by atoms with Crippen LogP contribution in [0.5, 0.6) is 0 Å². The summed E-state index contributed by atoms with van der Waals surface area (Å²) in [4.78, 5) is 14.7. The van der Waals surface area contributed by atoms with E-state index >= 15 is 0 Å². The zero-order valence-corrected chi connectivity index (χ0v) is 10.9. The third-order valence-corrected chi connectivity index (χ3v) is 3.39. The van der Waals surface area contributed by atoms with Crippen LogP contribution in [-0.2, 0) is 16.9 Å². The van der Waals surface area contributed by atoms with Gasteiger partial charge >= 0.3 is 5.97 Å². The SMILES string of the molecule is [N-]=[N+]=NC1(Cc2ccc(F)cc2)OC(=O)c2ccccc21. The van der Waals surface area contributed by atoms with E-state index in [4.69, 9.17) is 10.3 Å². The van der Waals surface area contributed by atoms with E-state index in [2.05, 4.69) is 10.0 Å². The molecule has 21 heavy (non-hydrogen) atoms. The van der Waals surface area contributed by atoms with E-state index in [1.54, 1.807) is 36.4 Å². The Balaban J connectivity index is 2.08. The Morgan fingerprint density at radius 2 is 1.90 bits per heavy atom. The first-order valence-corrected chi connectivity index (χ1v) is 6.28. The number of esters is 1. The topological polar surface area (TPSA) is 75.1 Å². The maximum Gasteiger partial charge on any atom is 0.339 e. The molecule has 1 heterocycles. The van der Waals surface area contributed by atoms with Gasteiger partial charge in [0.1, 0.15) is 5.82 Å². The van der Waals surface area contributed by atoms with E-state index < -0.39 is 11.7 Å². The second-order valence-electron chi connectivity index (χ2n) is 4.71. The van der Waals surface area contributed by atoms with Gasteiger partial charge < -0.3 is 4.74 Å². The molecule has 104 valence electrons. The minimum Gasteiger partial charge on any atom is -0.444 e. The van der Waals surface area contributed by atoms with Crippen molar-refractivity contribution in [2.75, 3.05) is 0 Å². The quantitative estimate of drug-likeness (QED) is 0.373. The molecule has 0 fully saturated rings. The van der Waals surface area contributed by atoms with Gasteiger partial charge in [0.15, 0.2) is 0 Å². The summed E-state index contributed by atoms with van der Waals surface area (Å²) < 4.78 is 18.3. The molecule has 2 aromatic rings. The second kappa shape index (κ2) is 4.92. The average Bonchev–Trinajstić information content (AvgIpc) is 2.76. The molecule has 0 aliphatic carbocycles. The molecular formula is C15H10FN3O2. The Kier molecular flexibility index (Phi) is 3.08. The molecule has 1 unspecified atom stereocenters. The third kappa shape index (κ3) is 2.22. The zero-order valence-electron chi connectivity index (χ0n) is 10.9. The number of halogens is 1. The van der Waals surface area contributed by atoms with E-state index in [1.165, 1.54) is 12.1 Å². The summed E-state index contributed by atoms with van der Waals surface area (Å²) in [5.74, 6) is -0.888. The van der Waals surface area contributed by atoms with Crippen molar-refractivity contribution in [1.29, 1.82) is 0 Å². The maximum atomic E-state index is 13.0. The predicted octanol–water partition coefficient (Wildman–Crippen LogP) is 3.70. The number of rotatable bonds is 3. The molecular weight excluding hydrogens is 273 g/mol. The fourth-order valence-corrected chi connectivity index (χ4v) is 2.46. The number of azide groups is 1. The number of benzene rings is 2. The molecule has 2 aromatic carbocycles. The summed E-state index contributed by atoms with van der Waals surface area (Å²) in [6, 6.07) is 12.5. The fourth-order valence-electron chi connectivity index (χ4n) is 2.46. The van der Waals surface area contributed by atoms with E-state index in [0.29, 0.717) is 16.7 Å². The number of ether oxygens (including phenoxy) is 1. The van der Waals surface area contributed by atoms with E-state index in [0.717, 1.165) is 0 Å². The van der Waals surface area contributed by atoms with Gasteiger partial charge in [-0.25, -0.2) is 9.18 Å². The molecule has 0 aromatic heterocycles. The van der Waals surface area contributed by atoms with Crippen molar-refractivity contribution in [3.8, 4) is 0 Å². The van der Waals surface area contributed by atoms with Crippen molar-refractivity contribution in [1.82, 2.24) is 0 Å². The van der Waals surface area contributed by atoms with Crippen LogP contribution in [0.4, 0.5) is 4.39 Å². The van der Waals surface area contributed by atoms with Crippen LogP contribution in [0.1, 0.15) is 21.5 Å². The third-order valence-electron chi connectivity index (χ3n) is 3.39. The molecule has 1 atom stereocenters. The van der Waals surface area contributed by atoms with Crippen LogP contribution in [0.15, 0.2) is 53.6 Å². The molecule has 0 spiro atoms. The number of carbonyl (C=O) groups is 1. The summed E-state index contributed by atoms with van der Waals surface area (Å²) in [6.45, 7) is 0. The lowest BCUT2D eigenvalue weighted by molar-refractivity contribution is -0.00480. The van der Waals surface area contributed by atoms with Gasteiger partial charge in [-0.2, -0.15) is 0 Å². The lowest BCUT2D eigenvalue weighted by Crippen LogP contribution is -2.26. The van der Waals surface area contributed by atoms with Crippen molar-refractivity contribution in [3.63, 3.8) is 0 Å². The summed E-state index contributed by atoms with van der Waals surface area (Å²) in [5, 5.41) is 3.71. The monoisotopic (exact) mass is 283 g/mol. The van der Waals surface area contributed by atoms with Crippen molar-refractivity contribution in [2.24, 2.45) is 5.11 Å². The van der Waals surface area contributed by atoms with Crippen LogP contribution in [-0.4, -0.2) is 5.97 Å². The molecule has 0 N–H and O–H groups in total. The summed E-state index contributed by atoms with van der Waals surface area (Å²) >= 11 is 0. The van der Waals surface area contributed by atoms with Gasteiger partial charge in [-0.05, 0) is 34.4 Å². The van der Waals surface area contributed by atoms with E-state index in [9.17, 15) is 9.18 Å². The first-order valence-electron chi connectivity index (χ1n) is 6.28. The zero-order chi connectivity index (χ0) is 14.9. The first-order chi connectivity index (χ1) is 10.1. The van der Waals surface area contributed by atoms with Gasteiger partial charge in [0.2, 0.25) is 5.72 Å². The van der Waals surface area contributed by atoms with Crippen molar-refractivity contribution in [2.45, 2.75) is 12.1 Å². The number of hydrogen-bond acceptors (Lipinski definition) is 3. The van der Waals surface area contributed by atoms with Crippen molar-refractivity contribution < 1.29 is 13.9 Å². The second-order valence-corrected chi connectivity index (χ2v) is 4.71. The highest BCUT2D eigenvalue weighted by Gasteiger charge is 2.45. The van der Waals surface area contributed by atoms with Crippen LogP contribution in [0.25, 0.3) is 10.4 Å². The van der Waals surface area contributed by atoms with Crippen LogP contribution in [0.3, 0.4) is 0 Å². The highest BCUT2D eigenvalue weighted by Crippen LogP contribution is 2.40. The Morgan fingerprint density at radius 1 is 1.19 bits per heavy atom. The Morgan fingerprint density at radius 3 is 2.62 bits per heavy atom. The van der Waals surface area contributed by atoms with Gasteiger partial charge in [-0.3, -0.25) is 0 Å². The van der Waals surface area contributed by atoms with Gasteiger partial charge in [0.25, 0.3) is 0 Å². The van der Waals surface area contributed by atoms with Gasteiger partial charge in [-0.15, -0.1) is 0 Å². The normalized spacial score (nSPS) is 19.6. The van der Waals surface area contributed by atoms with Crippen LogP contribution < -0.4 is 0 Å². The molecule has 1 aliphatic rings. The standard InChI is InChI=1S/C15H10FN3O2/c16-11-7-5-10(6-8-11)9-15(18-19-17)13-4-2-1-3-12(13)14(20)21-15/h1-8H,9H2. The molecule has 1 aliphatic heterocycles. The fraction of sp³-hybridized carbons (Fsp3) is 0.133. The largest absolute Gasteiger partial charge is 0.444 e. The van der Waals surface area contributed by atoms with E-state index in [-0.39, 0.29) is 12.2 Å². The lowest BCUT2D eigenvalue weighted by atomic mass is 9.94. The predicted molar refractivity (Wildman–Crippen MR) is 72.8 cm³/mol. The molecule has 0 radical (unpaired) electrons. The summed E-state index contributed by atoms with van der Waals surface area (Å²) in [5.41, 5.74) is 9.03. The lowest BCUT2D eigenvalue weighted by Gasteiger charge is -2.23. The van der Waals surface area contributed by atoms with Crippen LogP contribution in [0, 0.1) is 5.82 Å². The number of cyclic esters (lactones) is 1. The molecule has 3 rings (SSSR count). The summed E-state index contributed by atoms with van der Waals surface area (Å²) in [6.07, 6.45) is 0.153. The minimum atomic E-state index is -1.42. The van der Waals surface area contributed by atoms with Crippen LogP contribution in [0.2, 0.25) is 0 Å². The Labute approximate surface area is 119 Å². The van der Waals surface area contributed by atoms with Crippen LogP contribution >= 0.6 is 0 Å². The number of hydrogen-bond donors (Lipinski definition) is 0. The molecule has 0 amide bonds. The van der Waals surface area contributed by atoms with Crippen molar-refractivity contribution >= 4 is 5.97 Å². The molecule has 0 bridgehead atoms. The van der Waals surface area contributed by atoms with Gasteiger partial charge in [0.05, 0.1) is 5.56 Å². The highest BCUT2D eigenvalue weighted by atomic mass is 19.1. The number of carbonyl (C=O) groups excluding carboxylic acids is 1. The van der Waals surface area contributed by atoms with E-state index in [1.807, 2.05) is 0 Å². The highest BCUT2D eigenvalue weighted by molar-refractivity contribution is 5.94. The molecule has 6 heteroatoms.